The van der Waals surface area contributed by atoms with Gasteiger partial charge >= 0.3 is 5.97 Å². The van der Waals surface area contributed by atoms with Gasteiger partial charge in [0.15, 0.2) is 11.5 Å². The first-order chi connectivity index (χ1) is 10.8. The number of fused-ring (bicyclic) bond motifs is 2. The standard InChI is InChI=1S/C14H12Br4O5/c1-21-12(19)13-4-2-3-5-14(13,20)23-11-9(18)7(16)6(15)8(17)10(11)22-13/h20H,2-5H2,1H3/t13-,14-/m0/s1. The van der Waals surface area contributed by atoms with Gasteiger partial charge in [0.1, 0.15) is 0 Å². The van der Waals surface area contributed by atoms with Crippen LogP contribution >= 0.6 is 63.7 Å². The van der Waals surface area contributed by atoms with Crippen molar-refractivity contribution in [2.45, 2.75) is 37.1 Å². The lowest BCUT2D eigenvalue weighted by atomic mass is 9.78. The molecule has 2 aliphatic rings. The van der Waals surface area contributed by atoms with E-state index in [0.29, 0.717) is 35.8 Å². The van der Waals surface area contributed by atoms with Crippen LogP contribution in [0.2, 0.25) is 0 Å². The Morgan fingerprint density at radius 1 is 1.00 bits per heavy atom. The highest BCUT2D eigenvalue weighted by Gasteiger charge is 2.66. The summed E-state index contributed by atoms with van der Waals surface area (Å²) in [6.07, 6.45) is 2.05. The summed E-state index contributed by atoms with van der Waals surface area (Å²) in [6, 6.07) is 0. The van der Waals surface area contributed by atoms with E-state index in [-0.39, 0.29) is 6.42 Å². The number of hydrogen-bond acceptors (Lipinski definition) is 5. The monoisotopic (exact) mass is 576 g/mol. The molecule has 0 amide bonds. The highest BCUT2D eigenvalue weighted by atomic mass is 79.9. The first-order valence-corrected chi connectivity index (χ1v) is 9.99. The van der Waals surface area contributed by atoms with E-state index in [1.807, 2.05) is 0 Å². The Labute approximate surface area is 166 Å². The smallest absolute Gasteiger partial charge is 0.357 e. The molecular formula is C14H12Br4O5. The van der Waals surface area contributed by atoms with Crippen LogP contribution in [0.4, 0.5) is 0 Å². The van der Waals surface area contributed by atoms with E-state index < -0.39 is 17.4 Å². The molecule has 0 radical (unpaired) electrons. The predicted molar refractivity (Wildman–Crippen MR) is 96.7 cm³/mol. The summed E-state index contributed by atoms with van der Waals surface area (Å²) in [4.78, 5) is 12.5. The van der Waals surface area contributed by atoms with Crippen LogP contribution in [-0.4, -0.2) is 29.6 Å². The first kappa shape index (κ1) is 18.0. The molecule has 23 heavy (non-hydrogen) atoms. The fourth-order valence-corrected chi connectivity index (χ4v) is 5.19. The Kier molecular flexibility index (Phi) is 4.81. The molecule has 1 aliphatic heterocycles. The van der Waals surface area contributed by atoms with Crippen molar-refractivity contribution in [2.75, 3.05) is 7.11 Å². The number of aliphatic hydroxyl groups is 1. The molecule has 1 aromatic rings. The van der Waals surface area contributed by atoms with Gasteiger partial charge in [0.25, 0.3) is 11.4 Å². The molecule has 1 fully saturated rings. The molecule has 0 aromatic heterocycles. The zero-order valence-electron chi connectivity index (χ0n) is 11.9. The molecular weight excluding hydrogens is 568 g/mol. The molecule has 5 nitrogen and oxygen atoms in total. The molecule has 3 rings (SSSR count). The lowest BCUT2D eigenvalue weighted by Crippen LogP contribution is -2.69. The quantitative estimate of drug-likeness (QED) is 0.297. The van der Waals surface area contributed by atoms with E-state index in [1.54, 1.807) is 0 Å². The number of benzene rings is 1. The minimum absolute atomic E-state index is 0.277. The van der Waals surface area contributed by atoms with Gasteiger partial charge in [-0.15, -0.1) is 0 Å². The van der Waals surface area contributed by atoms with E-state index in [4.69, 9.17) is 14.2 Å². The molecule has 2 atom stereocenters. The normalized spacial score (nSPS) is 29.0. The third kappa shape index (κ3) is 2.49. The molecule has 0 spiro atoms. The number of carbonyl (C=O) groups is 1. The Hall–Kier alpha value is 0.170. The largest absolute Gasteiger partial charge is 0.466 e. The summed E-state index contributed by atoms with van der Waals surface area (Å²) in [5.41, 5.74) is -1.58. The van der Waals surface area contributed by atoms with Gasteiger partial charge in [0, 0.05) is 12.8 Å². The number of carbonyl (C=O) groups excluding carboxylic acids is 1. The van der Waals surface area contributed by atoms with Gasteiger partial charge in [-0.05, 0) is 76.6 Å². The summed E-state index contributed by atoms with van der Waals surface area (Å²) in [7, 11) is 1.27. The van der Waals surface area contributed by atoms with E-state index in [9.17, 15) is 9.90 Å². The Morgan fingerprint density at radius 2 is 1.52 bits per heavy atom. The second-order valence-corrected chi connectivity index (χ2v) is 8.60. The topological polar surface area (TPSA) is 65.0 Å². The van der Waals surface area contributed by atoms with Crippen LogP contribution in [0.1, 0.15) is 25.7 Å². The van der Waals surface area contributed by atoms with Gasteiger partial charge in [-0.1, -0.05) is 0 Å². The van der Waals surface area contributed by atoms with E-state index in [2.05, 4.69) is 63.7 Å². The van der Waals surface area contributed by atoms with E-state index in [0.717, 1.165) is 12.8 Å². The maximum atomic E-state index is 12.5. The maximum Gasteiger partial charge on any atom is 0.357 e. The van der Waals surface area contributed by atoms with Crippen molar-refractivity contribution >= 4 is 69.7 Å². The summed E-state index contributed by atoms with van der Waals surface area (Å²) < 4.78 is 19.4. The van der Waals surface area contributed by atoms with Crippen molar-refractivity contribution < 1.29 is 24.1 Å². The van der Waals surface area contributed by atoms with Gasteiger partial charge in [-0.3, -0.25) is 0 Å². The van der Waals surface area contributed by atoms with Crippen LogP contribution in [-0.2, 0) is 9.53 Å². The Morgan fingerprint density at radius 3 is 2.09 bits per heavy atom. The van der Waals surface area contributed by atoms with Crippen molar-refractivity contribution in [3.05, 3.63) is 17.9 Å². The van der Waals surface area contributed by atoms with Gasteiger partial charge < -0.3 is 19.3 Å². The zero-order chi connectivity index (χ0) is 17.0. The molecule has 1 N–H and O–H groups in total. The lowest BCUT2D eigenvalue weighted by molar-refractivity contribution is -0.278. The molecule has 126 valence electrons. The van der Waals surface area contributed by atoms with Crippen molar-refractivity contribution in [2.24, 2.45) is 0 Å². The van der Waals surface area contributed by atoms with Crippen molar-refractivity contribution in [1.82, 2.24) is 0 Å². The molecule has 0 unspecified atom stereocenters. The van der Waals surface area contributed by atoms with E-state index in [1.165, 1.54) is 7.11 Å². The van der Waals surface area contributed by atoms with E-state index >= 15 is 0 Å². The van der Waals surface area contributed by atoms with Crippen LogP contribution in [0.5, 0.6) is 11.5 Å². The fourth-order valence-electron chi connectivity index (χ4n) is 2.98. The number of rotatable bonds is 1. The second-order valence-electron chi connectivity index (χ2n) is 5.43. The maximum absolute atomic E-state index is 12.5. The van der Waals surface area contributed by atoms with Crippen molar-refractivity contribution in [3.63, 3.8) is 0 Å². The van der Waals surface area contributed by atoms with Gasteiger partial charge in [-0.2, -0.15) is 0 Å². The number of halogens is 4. The lowest BCUT2D eigenvalue weighted by Gasteiger charge is -2.50. The Balaban J connectivity index is 2.24. The number of ether oxygens (including phenoxy) is 3. The molecule has 1 aromatic carbocycles. The Bertz CT molecular complexity index is 694. The average molecular weight is 580 g/mol. The fraction of sp³-hybridized carbons (Fsp3) is 0.500. The van der Waals surface area contributed by atoms with Gasteiger partial charge in [0.2, 0.25) is 0 Å². The van der Waals surface area contributed by atoms with Crippen LogP contribution in [0.3, 0.4) is 0 Å². The van der Waals surface area contributed by atoms with Crippen molar-refractivity contribution in [3.8, 4) is 11.5 Å². The SMILES string of the molecule is COC(=O)[C@@]12CCCC[C@]1(O)Oc1c(Br)c(Br)c(Br)c(Br)c1O2. The third-order valence-corrected chi connectivity index (χ3v) is 8.87. The average Bonchev–Trinajstić information content (AvgIpc) is 2.55. The summed E-state index contributed by atoms with van der Waals surface area (Å²) in [5, 5.41) is 11.1. The van der Waals surface area contributed by atoms with Gasteiger partial charge in [0.05, 0.1) is 25.0 Å². The molecule has 0 bridgehead atoms. The summed E-state index contributed by atoms with van der Waals surface area (Å²) >= 11 is 13.8. The summed E-state index contributed by atoms with van der Waals surface area (Å²) in [5.74, 6) is -1.76. The predicted octanol–water partition coefficient (Wildman–Crippen LogP) is 4.68. The zero-order valence-corrected chi connectivity index (χ0v) is 18.3. The number of hydrogen-bond donors (Lipinski definition) is 1. The third-order valence-electron chi connectivity index (χ3n) is 4.17. The molecule has 0 saturated heterocycles. The first-order valence-electron chi connectivity index (χ1n) is 6.82. The number of esters is 1. The number of methoxy groups -OCH3 is 1. The highest BCUT2D eigenvalue weighted by molar-refractivity contribution is 9.15. The minimum atomic E-state index is -1.78. The van der Waals surface area contributed by atoms with Crippen LogP contribution < -0.4 is 9.47 Å². The summed E-state index contributed by atoms with van der Waals surface area (Å²) in [6.45, 7) is 0. The molecule has 1 heterocycles. The molecule has 9 heteroatoms. The molecule has 1 saturated carbocycles. The van der Waals surface area contributed by atoms with Crippen LogP contribution in [0, 0.1) is 0 Å². The van der Waals surface area contributed by atoms with Crippen LogP contribution in [0.15, 0.2) is 17.9 Å². The highest BCUT2D eigenvalue weighted by Crippen LogP contribution is 2.58. The van der Waals surface area contributed by atoms with Crippen molar-refractivity contribution in [1.29, 1.82) is 0 Å². The minimum Gasteiger partial charge on any atom is -0.466 e. The molecule has 1 aliphatic carbocycles. The second kappa shape index (κ2) is 6.16. The van der Waals surface area contributed by atoms with Gasteiger partial charge in [-0.25, -0.2) is 4.79 Å². The van der Waals surface area contributed by atoms with Crippen LogP contribution in [0.25, 0.3) is 0 Å².